The van der Waals surface area contributed by atoms with E-state index in [4.69, 9.17) is 11.6 Å². The van der Waals surface area contributed by atoms with Gasteiger partial charge in [0.25, 0.3) is 0 Å². The fraction of sp³-hybridized carbons (Fsp3) is 0.417. The lowest BCUT2D eigenvalue weighted by Gasteiger charge is -2.14. The Kier molecular flexibility index (Phi) is 4.44. The molecule has 0 amide bonds. The lowest BCUT2D eigenvalue weighted by Crippen LogP contribution is -2.20. The third-order valence-corrected chi connectivity index (χ3v) is 3.96. The molecule has 2 nitrogen and oxygen atoms in total. The van der Waals surface area contributed by atoms with Crippen molar-refractivity contribution in [3.05, 3.63) is 34.6 Å². The molecule has 0 radical (unpaired) electrons. The minimum atomic E-state index is -1.38. The van der Waals surface area contributed by atoms with E-state index in [2.05, 4.69) is 4.40 Å². The Balaban J connectivity index is 3.13. The zero-order valence-corrected chi connectivity index (χ0v) is 11.8. The van der Waals surface area contributed by atoms with E-state index in [9.17, 15) is 8.60 Å². The van der Waals surface area contributed by atoms with Gasteiger partial charge in [-0.2, -0.15) is 4.40 Å². The fourth-order valence-corrected chi connectivity index (χ4v) is 1.98. The van der Waals surface area contributed by atoms with Gasteiger partial charge in [0.15, 0.2) is 0 Å². The number of benzene rings is 1. The Hall–Kier alpha value is -0.740. The second-order valence-electron chi connectivity index (χ2n) is 4.64. The molecule has 0 aromatic heterocycles. The van der Waals surface area contributed by atoms with Crippen molar-refractivity contribution in [1.82, 2.24) is 0 Å². The molecular weight excluding hydrogens is 261 g/mol. The Morgan fingerprint density at radius 2 is 2.00 bits per heavy atom. The molecule has 1 aromatic carbocycles. The molecule has 0 aliphatic heterocycles. The van der Waals surface area contributed by atoms with Gasteiger partial charge in [0, 0.05) is 5.56 Å². The Bertz CT molecular complexity index is 480. The molecule has 0 saturated carbocycles. The van der Waals surface area contributed by atoms with E-state index in [0.29, 0.717) is 11.3 Å². The molecule has 1 atom stereocenters. The predicted molar refractivity (Wildman–Crippen MR) is 71.5 cm³/mol. The first-order valence-electron chi connectivity index (χ1n) is 5.15. The molecule has 0 aliphatic rings. The van der Waals surface area contributed by atoms with Crippen molar-refractivity contribution in [2.24, 2.45) is 4.40 Å². The third kappa shape index (κ3) is 3.61. The first kappa shape index (κ1) is 14.3. The first-order valence-corrected chi connectivity index (χ1v) is 6.63. The summed E-state index contributed by atoms with van der Waals surface area (Å²) < 4.78 is 28.7. The van der Waals surface area contributed by atoms with Crippen LogP contribution in [0.2, 0.25) is 5.02 Å². The van der Waals surface area contributed by atoms with Crippen molar-refractivity contribution in [2.45, 2.75) is 32.4 Å². The van der Waals surface area contributed by atoms with Gasteiger partial charge in [-0.25, -0.2) is 8.60 Å². The van der Waals surface area contributed by atoms with E-state index in [1.807, 2.05) is 20.8 Å². The van der Waals surface area contributed by atoms with Crippen LogP contribution in [-0.2, 0) is 11.0 Å². The molecule has 0 N–H and O–H groups in total. The van der Waals surface area contributed by atoms with Gasteiger partial charge in [-0.15, -0.1) is 0 Å². The standard InChI is InChI=1S/C12H15ClFNOS/c1-8(15-17(16)12(2,3)4)9-6-5-7-10(14)11(9)13/h5-7H,1-4H3/t17-/m1/s1. The van der Waals surface area contributed by atoms with Crippen molar-refractivity contribution >= 4 is 28.3 Å². The van der Waals surface area contributed by atoms with Gasteiger partial charge in [0.2, 0.25) is 0 Å². The van der Waals surface area contributed by atoms with Gasteiger partial charge in [0.1, 0.15) is 16.8 Å². The van der Waals surface area contributed by atoms with Crippen molar-refractivity contribution in [3.8, 4) is 0 Å². The summed E-state index contributed by atoms with van der Waals surface area (Å²) in [6, 6.07) is 4.49. The highest BCUT2D eigenvalue weighted by Crippen LogP contribution is 2.21. The van der Waals surface area contributed by atoms with E-state index in [1.54, 1.807) is 19.1 Å². The summed E-state index contributed by atoms with van der Waals surface area (Å²) in [5, 5.41) is 0.0136. The van der Waals surface area contributed by atoms with Crippen LogP contribution < -0.4 is 0 Å². The van der Waals surface area contributed by atoms with Crippen LogP contribution in [0.1, 0.15) is 33.3 Å². The summed E-state index contributed by atoms with van der Waals surface area (Å²) in [5.74, 6) is -0.500. The number of nitrogens with zero attached hydrogens (tertiary/aromatic N) is 1. The fourth-order valence-electron chi connectivity index (χ4n) is 1.09. The smallest absolute Gasteiger partial charge is 0.145 e. The summed E-state index contributed by atoms with van der Waals surface area (Å²) in [6.07, 6.45) is 0. The minimum absolute atomic E-state index is 0.0136. The number of hydrogen-bond acceptors (Lipinski definition) is 1. The summed E-state index contributed by atoms with van der Waals surface area (Å²) in [7, 11) is -1.38. The van der Waals surface area contributed by atoms with Gasteiger partial charge < -0.3 is 0 Å². The summed E-state index contributed by atoms with van der Waals surface area (Å²) in [4.78, 5) is 0. The Morgan fingerprint density at radius 1 is 1.41 bits per heavy atom. The molecule has 1 rings (SSSR count). The number of hydrogen-bond donors (Lipinski definition) is 0. The van der Waals surface area contributed by atoms with E-state index in [1.165, 1.54) is 6.07 Å². The molecule has 17 heavy (non-hydrogen) atoms. The van der Waals surface area contributed by atoms with Crippen LogP contribution in [0.15, 0.2) is 22.6 Å². The molecular formula is C12H15ClFNOS. The second kappa shape index (κ2) is 5.27. The van der Waals surface area contributed by atoms with Gasteiger partial charge in [0.05, 0.1) is 15.5 Å². The van der Waals surface area contributed by atoms with Crippen molar-refractivity contribution in [1.29, 1.82) is 0 Å². The van der Waals surface area contributed by atoms with Crippen molar-refractivity contribution < 1.29 is 8.60 Å². The number of halogens is 2. The van der Waals surface area contributed by atoms with Crippen molar-refractivity contribution in [2.75, 3.05) is 0 Å². The molecule has 0 aliphatic carbocycles. The average molecular weight is 276 g/mol. The maximum absolute atomic E-state index is 13.2. The van der Waals surface area contributed by atoms with Crippen LogP contribution in [0.3, 0.4) is 0 Å². The minimum Gasteiger partial charge on any atom is -0.234 e. The van der Waals surface area contributed by atoms with Gasteiger partial charge in [-0.3, -0.25) is 0 Å². The topological polar surface area (TPSA) is 29.4 Å². The van der Waals surface area contributed by atoms with Crippen molar-refractivity contribution in [3.63, 3.8) is 0 Å². The molecule has 94 valence electrons. The highest BCUT2D eigenvalue weighted by atomic mass is 35.5. The van der Waals surface area contributed by atoms with E-state index >= 15 is 0 Å². The Labute approximate surface area is 108 Å². The number of rotatable bonds is 2. The average Bonchev–Trinajstić information content (AvgIpc) is 2.20. The van der Waals surface area contributed by atoms with Crippen LogP contribution in [0.4, 0.5) is 4.39 Å². The highest BCUT2D eigenvalue weighted by Gasteiger charge is 2.20. The molecule has 0 bridgehead atoms. The lowest BCUT2D eigenvalue weighted by atomic mass is 10.1. The largest absolute Gasteiger partial charge is 0.234 e. The molecule has 0 unspecified atom stereocenters. The molecule has 0 heterocycles. The molecule has 0 fully saturated rings. The van der Waals surface area contributed by atoms with Gasteiger partial charge >= 0.3 is 0 Å². The summed E-state index contributed by atoms with van der Waals surface area (Å²) in [5.41, 5.74) is 0.951. The predicted octanol–water partition coefficient (Wildman–Crippen LogP) is 3.75. The second-order valence-corrected chi connectivity index (χ2v) is 6.92. The zero-order chi connectivity index (χ0) is 13.2. The maximum atomic E-state index is 13.2. The Morgan fingerprint density at radius 3 is 2.53 bits per heavy atom. The van der Waals surface area contributed by atoms with Crippen LogP contribution in [0, 0.1) is 5.82 Å². The molecule has 0 saturated heterocycles. The van der Waals surface area contributed by atoms with Crippen LogP contribution >= 0.6 is 11.6 Å². The highest BCUT2D eigenvalue weighted by molar-refractivity contribution is 7.85. The zero-order valence-electron chi connectivity index (χ0n) is 10.3. The van der Waals surface area contributed by atoms with E-state index in [-0.39, 0.29) is 5.02 Å². The summed E-state index contributed by atoms with van der Waals surface area (Å²) >= 11 is 5.83. The third-order valence-electron chi connectivity index (χ3n) is 2.09. The molecule has 0 spiro atoms. The van der Waals surface area contributed by atoms with E-state index in [0.717, 1.165) is 0 Å². The van der Waals surface area contributed by atoms with Crippen LogP contribution in [-0.4, -0.2) is 14.7 Å². The van der Waals surface area contributed by atoms with E-state index < -0.39 is 21.5 Å². The lowest BCUT2D eigenvalue weighted by molar-refractivity contribution is 0.628. The molecule has 1 aromatic rings. The van der Waals surface area contributed by atoms with Gasteiger partial charge in [-0.1, -0.05) is 23.7 Å². The molecule has 5 heteroatoms. The normalized spacial score (nSPS) is 14.8. The SMILES string of the molecule is CC(=N[S@](=O)C(C)(C)C)c1cccc(F)c1Cl. The summed E-state index contributed by atoms with van der Waals surface area (Å²) in [6.45, 7) is 7.15. The monoisotopic (exact) mass is 275 g/mol. The van der Waals surface area contributed by atoms with Crippen LogP contribution in [0.5, 0.6) is 0 Å². The van der Waals surface area contributed by atoms with Crippen LogP contribution in [0.25, 0.3) is 0 Å². The van der Waals surface area contributed by atoms with Gasteiger partial charge in [-0.05, 0) is 33.8 Å². The maximum Gasteiger partial charge on any atom is 0.145 e. The quantitative estimate of drug-likeness (QED) is 0.756. The first-order chi connectivity index (χ1) is 7.73.